The maximum atomic E-state index is 13.0. The number of aldehydes is 1. The number of hydrogen-bond acceptors (Lipinski definition) is 8. The van der Waals surface area contributed by atoms with Crippen molar-refractivity contribution in [1.29, 1.82) is 0 Å². The van der Waals surface area contributed by atoms with Crippen LogP contribution in [0.15, 0.2) is 47.5 Å². The summed E-state index contributed by atoms with van der Waals surface area (Å²) in [4.78, 5) is 44.3. The number of aromatic nitrogens is 7. The minimum absolute atomic E-state index is 0.0146. The molecule has 4 aromatic rings. The first-order chi connectivity index (χ1) is 18.1. The second-order valence-corrected chi connectivity index (χ2v) is 7.90. The van der Waals surface area contributed by atoms with E-state index in [9.17, 15) is 27.6 Å². The minimum Gasteiger partial charge on any atom is -0.366 e. The standard InChI is InChI=1S/C21H16ClF3N8O3.CH5N/c22-13-3-1-12(2-4-13)19-30-32(20(36)31(19)8-6-21(23,24)25)10-16-28-17(11-34)33(29-16)15-9-27-7-5-14(15)18(26)35;1-2/h1-5,7,9,11H,6,8,10H2,(H2,26,35);2H2,1H3. The molecule has 200 valence electrons. The molecule has 0 saturated carbocycles. The fourth-order valence-electron chi connectivity index (χ4n) is 3.38. The van der Waals surface area contributed by atoms with Crippen LogP contribution in [0, 0.1) is 0 Å². The Balaban J connectivity index is 0.00000195. The highest BCUT2D eigenvalue weighted by atomic mass is 35.5. The molecule has 4 N–H and O–H groups in total. The monoisotopic (exact) mass is 551 g/mol. The van der Waals surface area contributed by atoms with Crippen molar-refractivity contribution in [3.8, 4) is 17.1 Å². The number of amides is 1. The lowest BCUT2D eigenvalue weighted by Crippen LogP contribution is -2.27. The number of pyridine rings is 1. The van der Waals surface area contributed by atoms with Crippen LogP contribution >= 0.6 is 11.6 Å². The molecule has 0 atom stereocenters. The largest absolute Gasteiger partial charge is 0.390 e. The van der Waals surface area contributed by atoms with Gasteiger partial charge in [0.15, 0.2) is 23.8 Å². The molecule has 0 saturated heterocycles. The Bertz CT molecular complexity index is 1490. The average molecular weight is 552 g/mol. The predicted molar refractivity (Wildman–Crippen MR) is 130 cm³/mol. The molecule has 0 aliphatic rings. The summed E-state index contributed by atoms with van der Waals surface area (Å²) < 4.78 is 41.5. The van der Waals surface area contributed by atoms with Gasteiger partial charge in [-0.05, 0) is 37.4 Å². The maximum Gasteiger partial charge on any atom is 0.390 e. The molecule has 3 heterocycles. The molecular weight excluding hydrogens is 531 g/mol. The van der Waals surface area contributed by atoms with Gasteiger partial charge in [0, 0.05) is 23.3 Å². The van der Waals surface area contributed by atoms with Crippen molar-refractivity contribution >= 4 is 23.8 Å². The molecule has 0 unspecified atom stereocenters. The van der Waals surface area contributed by atoms with Crippen LogP contribution in [0.5, 0.6) is 0 Å². The third-order valence-corrected chi connectivity index (χ3v) is 5.26. The zero-order chi connectivity index (χ0) is 28.0. The number of halogens is 4. The molecule has 12 nitrogen and oxygen atoms in total. The van der Waals surface area contributed by atoms with Gasteiger partial charge in [-0.3, -0.25) is 19.1 Å². The Kier molecular flexibility index (Phi) is 8.75. The smallest absolute Gasteiger partial charge is 0.366 e. The number of benzene rings is 1. The number of nitrogens with two attached hydrogens (primary N) is 2. The summed E-state index contributed by atoms with van der Waals surface area (Å²) in [6, 6.07) is 7.39. The summed E-state index contributed by atoms with van der Waals surface area (Å²) >= 11 is 5.89. The van der Waals surface area contributed by atoms with Crippen molar-refractivity contribution in [1.82, 2.24) is 34.1 Å². The van der Waals surface area contributed by atoms with Gasteiger partial charge in [0.2, 0.25) is 0 Å². The van der Waals surface area contributed by atoms with Crippen LogP contribution in [0.2, 0.25) is 5.02 Å². The van der Waals surface area contributed by atoms with E-state index in [1.54, 1.807) is 0 Å². The molecular formula is C22H21ClF3N9O3. The maximum absolute atomic E-state index is 13.0. The predicted octanol–water partition coefficient (Wildman–Crippen LogP) is 1.83. The van der Waals surface area contributed by atoms with Crippen LogP contribution in [0.25, 0.3) is 17.1 Å². The number of carbonyl (C=O) groups excluding carboxylic acids is 2. The number of nitrogens with zero attached hydrogens (tertiary/aromatic N) is 7. The van der Waals surface area contributed by atoms with E-state index in [0.29, 0.717) is 16.9 Å². The van der Waals surface area contributed by atoms with Crippen LogP contribution in [-0.2, 0) is 13.1 Å². The normalized spacial score (nSPS) is 11.1. The van der Waals surface area contributed by atoms with Gasteiger partial charge >= 0.3 is 11.9 Å². The summed E-state index contributed by atoms with van der Waals surface area (Å²) in [5.41, 5.74) is 9.50. The number of rotatable bonds is 8. The second kappa shape index (κ2) is 11.8. The summed E-state index contributed by atoms with van der Waals surface area (Å²) in [6.45, 7) is -1.04. The first kappa shape index (κ1) is 28.2. The number of alkyl halides is 3. The van der Waals surface area contributed by atoms with E-state index >= 15 is 0 Å². The van der Waals surface area contributed by atoms with Crippen molar-refractivity contribution in [3.05, 3.63) is 75.4 Å². The number of primary amides is 1. The highest BCUT2D eigenvalue weighted by Gasteiger charge is 2.29. The topological polar surface area (TPSA) is 170 Å². The van der Waals surface area contributed by atoms with Gasteiger partial charge in [0.1, 0.15) is 6.54 Å². The van der Waals surface area contributed by atoms with Gasteiger partial charge in [-0.15, -0.1) is 10.2 Å². The fourth-order valence-corrected chi connectivity index (χ4v) is 3.51. The molecule has 0 spiro atoms. The Morgan fingerprint density at radius 3 is 2.42 bits per heavy atom. The molecule has 0 fully saturated rings. The highest BCUT2D eigenvalue weighted by Crippen LogP contribution is 2.23. The Morgan fingerprint density at radius 1 is 1.13 bits per heavy atom. The van der Waals surface area contributed by atoms with Crippen molar-refractivity contribution in [2.45, 2.75) is 25.7 Å². The van der Waals surface area contributed by atoms with Crippen LogP contribution in [0.3, 0.4) is 0 Å². The first-order valence-corrected chi connectivity index (χ1v) is 11.2. The van der Waals surface area contributed by atoms with E-state index < -0.39 is 30.7 Å². The molecule has 0 bridgehead atoms. The van der Waals surface area contributed by atoms with E-state index in [4.69, 9.17) is 17.3 Å². The molecule has 38 heavy (non-hydrogen) atoms. The lowest BCUT2D eigenvalue weighted by atomic mass is 10.2. The van der Waals surface area contributed by atoms with Gasteiger partial charge in [-0.25, -0.2) is 19.1 Å². The zero-order valence-corrected chi connectivity index (χ0v) is 20.5. The Morgan fingerprint density at radius 2 is 1.82 bits per heavy atom. The summed E-state index contributed by atoms with van der Waals surface area (Å²) in [7, 11) is 1.50. The molecule has 1 aromatic carbocycles. The van der Waals surface area contributed by atoms with Crippen LogP contribution in [0.4, 0.5) is 13.2 Å². The van der Waals surface area contributed by atoms with Crippen molar-refractivity contribution in [2.24, 2.45) is 11.5 Å². The summed E-state index contributed by atoms with van der Waals surface area (Å²) in [5.74, 6) is -1.10. The Labute approximate surface area is 217 Å². The van der Waals surface area contributed by atoms with Crippen LogP contribution in [0.1, 0.15) is 33.2 Å². The lowest BCUT2D eigenvalue weighted by Gasteiger charge is -2.08. The molecule has 0 aliphatic carbocycles. The van der Waals surface area contributed by atoms with Crippen LogP contribution < -0.4 is 17.2 Å². The highest BCUT2D eigenvalue weighted by molar-refractivity contribution is 6.30. The SMILES string of the molecule is CN.NC(=O)c1ccncc1-n1nc(Cn2nc(-c3ccc(Cl)cc3)n(CCC(F)(F)F)c2=O)nc1C=O. The first-order valence-electron chi connectivity index (χ1n) is 10.8. The van der Waals surface area contributed by atoms with Gasteiger partial charge in [-0.1, -0.05) is 11.6 Å². The molecule has 0 aliphatic heterocycles. The summed E-state index contributed by atoms with van der Waals surface area (Å²) in [5, 5.41) is 8.73. The third-order valence-electron chi connectivity index (χ3n) is 5.01. The van der Waals surface area contributed by atoms with Crippen LogP contribution in [-0.4, -0.2) is 59.5 Å². The van der Waals surface area contributed by atoms with Gasteiger partial charge in [0.25, 0.3) is 5.91 Å². The average Bonchev–Trinajstić information content (AvgIpc) is 3.44. The number of hydrogen-bond donors (Lipinski definition) is 2. The van der Waals surface area contributed by atoms with Gasteiger partial charge in [0.05, 0.1) is 23.9 Å². The minimum atomic E-state index is -4.50. The van der Waals surface area contributed by atoms with Gasteiger partial charge in [-0.2, -0.15) is 13.2 Å². The Hall–Kier alpha value is -4.37. The molecule has 4 rings (SSSR count). The molecule has 1 amide bonds. The quantitative estimate of drug-likeness (QED) is 0.312. The lowest BCUT2D eigenvalue weighted by molar-refractivity contribution is -0.136. The van der Waals surface area contributed by atoms with Crippen molar-refractivity contribution in [3.63, 3.8) is 0 Å². The number of carbonyl (C=O) groups is 2. The molecule has 3 aromatic heterocycles. The van der Waals surface area contributed by atoms with Gasteiger partial charge < -0.3 is 11.5 Å². The molecule has 16 heteroatoms. The molecule has 0 radical (unpaired) electrons. The summed E-state index contributed by atoms with van der Waals surface area (Å²) in [6.07, 6.45) is -2.80. The van der Waals surface area contributed by atoms with E-state index in [1.807, 2.05) is 0 Å². The van der Waals surface area contributed by atoms with Crippen molar-refractivity contribution in [2.75, 3.05) is 7.05 Å². The van der Waals surface area contributed by atoms with E-state index in [1.165, 1.54) is 49.8 Å². The third kappa shape index (κ3) is 6.30. The second-order valence-electron chi connectivity index (χ2n) is 7.46. The van der Waals surface area contributed by atoms with Crippen molar-refractivity contribution < 1.29 is 22.8 Å². The van der Waals surface area contributed by atoms with E-state index in [2.05, 4.69) is 25.9 Å². The fraction of sp³-hybridized carbons (Fsp3) is 0.227. The van der Waals surface area contributed by atoms with E-state index in [0.717, 1.165) is 13.9 Å². The van der Waals surface area contributed by atoms with E-state index in [-0.39, 0.29) is 35.3 Å². The zero-order valence-electron chi connectivity index (χ0n) is 19.8.